The lowest BCUT2D eigenvalue weighted by molar-refractivity contribution is 0.102. The summed E-state index contributed by atoms with van der Waals surface area (Å²) in [4.78, 5) is 12.4. The molecule has 0 spiro atoms. The number of aromatic nitrogens is 2. The van der Waals surface area contributed by atoms with Gasteiger partial charge in [-0.15, -0.1) is 0 Å². The standard InChI is InChI=1S/C18H14ClFIN3O/c1-11-9-17(22-18(25)12-5-2-3-8-16(12)21)23-24(11)10-13-14(19)6-4-7-15(13)20/h2-9H,10H2,1H3,(H,22,23,25). The topological polar surface area (TPSA) is 46.9 Å². The van der Waals surface area contributed by atoms with E-state index in [-0.39, 0.29) is 18.3 Å². The molecule has 1 aromatic heterocycles. The van der Waals surface area contributed by atoms with Crippen LogP contribution in [0.25, 0.3) is 0 Å². The zero-order valence-electron chi connectivity index (χ0n) is 13.3. The van der Waals surface area contributed by atoms with Crippen LogP contribution in [0.4, 0.5) is 10.2 Å². The van der Waals surface area contributed by atoms with E-state index in [0.717, 1.165) is 9.26 Å². The summed E-state index contributed by atoms with van der Waals surface area (Å²) in [6, 6.07) is 13.6. The molecule has 0 aliphatic heterocycles. The van der Waals surface area contributed by atoms with Crippen LogP contribution < -0.4 is 5.32 Å². The van der Waals surface area contributed by atoms with E-state index in [1.165, 1.54) is 6.07 Å². The van der Waals surface area contributed by atoms with Crippen LogP contribution in [0.2, 0.25) is 5.02 Å². The van der Waals surface area contributed by atoms with Gasteiger partial charge in [0.2, 0.25) is 0 Å². The Morgan fingerprint density at radius 1 is 1.28 bits per heavy atom. The van der Waals surface area contributed by atoms with Crippen molar-refractivity contribution in [3.63, 3.8) is 0 Å². The predicted octanol–water partition coefficient (Wildman–Crippen LogP) is 4.89. The first-order valence-electron chi connectivity index (χ1n) is 7.49. The smallest absolute Gasteiger partial charge is 0.257 e. The Morgan fingerprint density at radius 2 is 2.04 bits per heavy atom. The number of hydrogen-bond acceptors (Lipinski definition) is 2. The number of nitrogens with one attached hydrogen (secondary N) is 1. The van der Waals surface area contributed by atoms with Gasteiger partial charge in [-0.25, -0.2) is 4.39 Å². The van der Waals surface area contributed by atoms with Crippen LogP contribution >= 0.6 is 34.2 Å². The van der Waals surface area contributed by atoms with Crippen LogP contribution in [0.1, 0.15) is 21.6 Å². The molecular formula is C18H14ClFIN3O. The van der Waals surface area contributed by atoms with E-state index >= 15 is 0 Å². The van der Waals surface area contributed by atoms with Gasteiger partial charge >= 0.3 is 0 Å². The van der Waals surface area contributed by atoms with Crippen molar-refractivity contribution in [3.05, 3.63) is 79.8 Å². The van der Waals surface area contributed by atoms with Crippen molar-refractivity contribution in [2.45, 2.75) is 13.5 Å². The molecule has 1 N–H and O–H groups in total. The lowest BCUT2D eigenvalue weighted by atomic mass is 10.2. The Hall–Kier alpha value is -1.93. The van der Waals surface area contributed by atoms with Gasteiger partial charge in [-0.05, 0) is 53.8 Å². The maximum absolute atomic E-state index is 14.0. The highest BCUT2D eigenvalue weighted by molar-refractivity contribution is 14.1. The van der Waals surface area contributed by atoms with Gasteiger partial charge in [0.25, 0.3) is 5.91 Å². The molecule has 2 aromatic carbocycles. The molecule has 3 aromatic rings. The molecule has 25 heavy (non-hydrogen) atoms. The normalized spacial score (nSPS) is 10.7. The molecule has 7 heteroatoms. The quantitative estimate of drug-likeness (QED) is 0.553. The first kappa shape index (κ1) is 17.9. The molecule has 0 fully saturated rings. The van der Waals surface area contributed by atoms with Crippen LogP contribution in [-0.4, -0.2) is 15.7 Å². The number of carbonyl (C=O) groups excluding carboxylic acids is 1. The van der Waals surface area contributed by atoms with Crippen molar-refractivity contribution in [1.82, 2.24) is 9.78 Å². The third kappa shape index (κ3) is 4.01. The third-order valence-electron chi connectivity index (χ3n) is 3.71. The van der Waals surface area contributed by atoms with Crippen molar-refractivity contribution in [1.29, 1.82) is 0 Å². The maximum Gasteiger partial charge on any atom is 0.257 e. The Balaban J connectivity index is 1.81. The zero-order chi connectivity index (χ0) is 18.0. The summed E-state index contributed by atoms with van der Waals surface area (Å²) in [5.74, 6) is -0.208. The molecule has 0 bridgehead atoms. The SMILES string of the molecule is Cc1cc(NC(=O)c2ccccc2I)nn1Cc1c(F)cccc1Cl. The number of carbonyl (C=O) groups is 1. The first-order chi connectivity index (χ1) is 12.0. The van der Waals surface area contributed by atoms with Crippen molar-refractivity contribution in [3.8, 4) is 0 Å². The minimum absolute atomic E-state index is 0.191. The average Bonchev–Trinajstić information content (AvgIpc) is 2.90. The molecule has 0 saturated carbocycles. The first-order valence-corrected chi connectivity index (χ1v) is 8.94. The van der Waals surface area contributed by atoms with Crippen molar-refractivity contribution >= 4 is 45.9 Å². The summed E-state index contributed by atoms with van der Waals surface area (Å²) in [5.41, 5.74) is 1.73. The van der Waals surface area contributed by atoms with Crippen LogP contribution in [0, 0.1) is 16.3 Å². The molecule has 4 nitrogen and oxygen atoms in total. The third-order valence-corrected chi connectivity index (χ3v) is 5.01. The summed E-state index contributed by atoms with van der Waals surface area (Å²) in [6.45, 7) is 2.03. The van der Waals surface area contributed by atoms with Crippen LogP contribution in [0.15, 0.2) is 48.5 Å². The highest BCUT2D eigenvalue weighted by atomic mass is 127. The number of hydrogen-bond donors (Lipinski definition) is 1. The lowest BCUT2D eigenvalue weighted by Gasteiger charge is -2.08. The van der Waals surface area contributed by atoms with Crippen LogP contribution in [-0.2, 0) is 6.54 Å². The molecule has 0 aliphatic rings. The van der Waals surface area contributed by atoms with Crippen molar-refractivity contribution in [2.24, 2.45) is 0 Å². The fraction of sp³-hybridized carbons (Fsp3) is 0.111. The summed E-state index contributed by atoms with van der Waals surface area (Å²) in [5, 5.41) is 7.46. The molecule has 0 aliphatic carbocycles. The second-order valence-electron chi connectivity index (χ2n) is 5.46. The number of halogens is 3. The van der Waals surface area contributed by atoms with Crippen molar-refractivity contribution < 1.29 is 9.18 Å². The van der Waals surface area contributed by atoms with Crippen LogP contribution in [0.3, 0.4) is 0 Å². The van der Waals surface area contributed by atoms with Crippen LogP contribution in [0.5, 0.6) is 0 Å². The number of aryl methyl sites for hydroxylation is 1. The van der Waals surface area contributed by atoms with E-state index in [2.05, 4.69) is 33.0 Å². The molecule has 0 saturated heterocycles. The van der Waals surface area contributed by atoms with Gasteiger partial charge in [-0.2, -0.15) is 5.10 Å². The van der Waals surface area contributed by atoms with Gasteiger partial charge in [-0.1, -0.05) is 29.8 Å². The number of nitrogens with zero attached hydrogens (tertiary/aromatic N) is 2. The minimum Gasteiger partial charge on any atom is -0.305 e. The highest BCUT2D eigenvalue weighted by Gasteiger charge is 2.14. The van der Waals surface area contributed by atoms with E-state index in [9.17, 15) is 9.18 Å². The zero-order valence-corrected chi connectivity index (χ0v) is 16.2. The highest BCUT2D eigenvalue weighted by Crippen LogP contribution is 2.21. The van der Waals surface area contributed by atoms with Crippen molar-refractivity contribution in [2.75, 3.05) is 5.32 Å². The van der Waals surface area contributed by atoms with E-state index in [0.29, 0.717) is 22.0 Å². The van der Waals surface area contributed by atoms with E-state index in [1.54, 1.807) is 35.0 Å². The molecule has 0 radical (unpaired) electrons. The molecular weight excluding hydrogens is 456 g/mol. The molecule has 1 amide bonds. The van der Waals surface area contributed by atoms with E-state index in [1.807, 2.05) is 19.1 Å². The predicted molar refractivity (Wildman–Crippen MR) is 105 cm³/mol. The second kappa shape index (κ2) is 7.53. The largest absolute Gasteiger partial charge is 0.305 e. The monoisotopic (exact) mass is 469 g/mol. The molecule has 128 valence electrons. The Kier molecular flexibility index (Phi) is 5.39. The Labute approximate surface area is 163 Å². The number of benzene rings is 2. The molecule has 1 heterocycles. The maximum atomic E-state index is 14.0. The summed E-state index contributed by atoms with van der Waals surface area (Å²) in [7, 11) is 0. The van der Waals surface area contributed by atoms with Gasteiger partial charge in [0.05, 0.1) is 12.1 Å². The molecule has 0 atom stereocenters. The lowest BCUT2D eigenvalue weighted by Crippen LogP contribution is -2.14. The van der Waals surface area contributed by atoms with Gasteiger partial charge in [0, 0.05) is 25.9 Å². The fourth-order valence-corrected chi connectivity index (χ4v) is 3.25. The summed E-state index contributed by atoms with van der Waals surface area (Å²) in [6.07, 6.45) is 0. The molecule has 0 unspecified atom stereocenters. The van der Waals surface area contributed by atoms with Gasteiger partial charge in [-0.3, -0.25) is 9.48 Å². The van der Waals surface area contributed by atoms with Gasteiger partial charge in [0.15, 0.2) is 5.82 Å². The Bertz CT molecular complexity index is 922. The Morgan fingerprint density at radius 3 is 2.76 bits per heavy atom. The second-order valence-corrected chi connectivity index (χ2v) is 7.03. The molecule has 3 rings (SSSR count). The number of anilines is 1. The van der Waals surface area contributed by atoms with E-state index < -0.39 is 0 Å². The minimum atomic E-state index is -0.383. The summed E-state index contributed by atoms with van der Waals surface area (Å²) < 4.78 is 16.4. The number of amides is 1. The van der Waals surface area contributed by atoms with Gasteiger partial charge in [0.1, 0.15) is 5.82 Å². The number of rotatable bonds is 4. The van der Waals surface area contributed by atoms with Gasteiger partial charge < -0.3 is 5.32 Å². The van der Waals surface area contributed by atoms with E-state index in [4.69, 9.17) is 11.6 Å². The summed E-state index contributed by atoms with van der Waals surface area (Å²) >= 11 is 8.18. The fourth-order valence-electron chi connectivity index (χ4n) is 2.39. The average molecular weight is 470 g/mol.